The largest absolute Gasteiger partial charge is 0.351 e. The lowest BCUT2D eigenvalue weighted by atomic mass is 10.1. The Balaban J connectivity index is 2.13. The molecule has 0 unspecified atom stereocenters. The van der Waals surface area contributed by atoms with E-state index in [1.54, 1.807) is 4.40 Å². The Morgan fingerprint density at radius 3 is 2.88 bits per heavy atom. The third kappa shape index (κ3) is 3.01. The van der Waals surface area contributed by atoms with Crippen LogP contribution in [0.5, 0.6) is 0 Å². The zero-order chi connectivity index (χ0) is 17.4. The van der Waals surface area contributed by atoms with Crippen LogP contribution in [0.3, 0.4) is 0 Å². The summed E-state index contributed by atoms with van der Waals surface area (Å²) in [5, 5.41) is 3.47. The van der Waals surface area contributed by atoms with E-state index in [9.17, 15) is 9.59 Å². The predicted molar refractivity (Wildman–Crippen MR) is 101 cm³/mol. The molecule has 0 saturated heterocycles. The second-order valence-electron chi connectivity index (χ2n) is 6.29. The number of carbonyl (C=O) groups excluding carboxylic acids is 1. The molecule has 0 aliphatic carbocycles. The van der Waals surface area contributed by atoms with Crippen molar-refractivity contribution in [3.8, 4) is 0 Å². The molecule has 126 valence electrons. The maximum Gasteiger partial charge on any atom is 0.265 e. The average Bonchev–Trinajstić information content (AvgIpc) is 2.84. The molecule has 0 saturated carbocycles. The number of H-pyrrole nitrogens is 1. The number of aryl methyl sites for hydroxylation is 1. The molecule has 0 aliphatic heterocycles. The molecule has 0 fully saturated rings. The molecule has 0 atom stereocenters. The van der Waals surface area contributed by atoms with Crippen LogP contribution in [-0.4, -0.2) is 21.8 Å². The van der Waals surface area contributed by atoms with Gasteiger partial charge >= 0.3 is 0 Å². The molecule has 0 aliphatic rings. The summed E-state index contributed by atoms with van der Waals surface area (Å²) in [5.41, 5.74) is 1.98. The molecule has 0 bridgehead atoms. The Hall–Kier alpha value is -1.99. The van der Waals surface area contributed by atoms with E-state index in [1.165, 1.54) is 11.3 Å². The van der Waals surface area contributed by atoms with Crippen molar-refractivity contribution >= 4 is 46.0 Å². The molecule has 1 amide bonds. The molecule has 2 heterocycles. The summed E-state index contributed by atoms with van der Waals surface area (Å²) in [6.45, 7) is 6.75. The molecular formula is C17H19N3O2S2. The lowest BCUT2D eigenvalue weighted by molar-refractivity contribution is 0.0957. The number of aromatic amines is 1. The van der Waals surface area contributed by atoms with Gasteiger partial charge in [0.25, 0.3) is 11.5 Å². The van der Waals surface area contributed by atoms with Gasteiger partial charge in [-0.05, 0) is 43.6 Å². The molecule has 2 N–H and O–H groups in total. The highest BCUT2D eigenvalue weighted by atomic mass is 32.1. The first-order valence-electron chi connectivity index (χ1n) is 7.85. The molecule has 0 spiro atoms. The topological polar surface area (TPSA) is 66.4 Å². The molecule has 1 aromatic carbocycles. The van der Waals surface area contributed by atoms with E-state index in [4.69, 9.17) is 12.2 Å². The monoisotopic (exact) mass is 361 g/mol. The van der Waals surface area contributed by atoms with Gasteiger partial charge in [0.15, 0.2) is 3.95 Å². The Kier molecular flexibility index (Phi) is 4.56. The number of nitrogens with zero attached hydrogens (tertiary/aromatic N) is 1. The van der Waals surface area contributed by atoms with Crippen molar-refractivity contribution in [1.29, 1.82) is 0 Å². The minimum atomic E-state index is -0.210. The van der Waals surface area contributed by atoms with Crippen LogP contribution in [0.2, 0.25) is 0 Å². The van der Waals surface area contributed by atoms with Crippen molar-refractivity contribution < 1.29 is 4.79 Å². The molecular weight excluding hydrogens is 342 g/mol. The smallest absolute Gasteiger partial charge is 0.265 e. The summed E-state index contributed by atoms with van der Waals surface area (Å²) in [6, 6.07) is 5.63. The van der Waals surface area contributed by atoms with Gasteiger partial charge in [-0.3, -0.25) is 14.0 Å². The van der Waals surface area contributed by atoms with Crippen molar-refractivity contribution in [2.24, 2.45) is 5.92 Å². The predicted octanol–water partition coefficient (Wildman–Crippen LogP) is 3.66. The second kappa shape index (κ2) is 6.49. The van der Waals surface area contributed by atoms with E-state index in [0.717, 1.165) is 17.5 Å². The standard InChI is InChI=1S/C17H19N3O2S2/c1-9(2)6-7-18-16(22)13-14-19-15(21)11-8-10(3)4-5-12(11)20(14)17(23)24-13/h4-5,8-9H,6-7H2,1-3H3,(H,18,22)(H,19,21). The third-order valence-corrected chi connectivity index (χ3v) is 5.27. The van der Waals surface area contributed by atoms with E-state index < -0.39 is 0 Å². The quantitative estimate of drug-likeness (QED) is 0.697. The summed E-state index contributed by atoms with van der Waals surface area (Å²) in [4.78, 5) is 28.1. The highest BCUT2D eigenvalue weighted by molar-refractivity contribution is 7.73. The number of hydrogen-bond donors (Lipinski definition) is 2. The first-order valence-corrected chi connectivity index (χ1v) is 9.07. The Labute approximate surface area is 148 Å². The Bertz CT molecular complexity index is 1040. The highest BCUT2D eigenvalue weighted by Crippen LogP contribution is 2.23. The third-order valence-electron chi connectivity index (χ3n) is 3.89. The van der Waals surface area contributed by atoms with Crippen LogP contribution >= 0.6 is 23.6 Å². The molecule has 3 aromatic rings. The van der Waals surface area contributed by atoms with Crippen molar-refractivity contribution in [2.75, 3.05) is 6.54 Å². The van der Waals surface area contributed by atoms with Gasteiger partial charge in [-0.25, -0.2) is 0 Å². The first-order chi connectivity index (χ1) is 11.4. The van der Waals surface area contributed by atoms with Crippen molar-refractivity contribution in [3.05, 3.63) is 42.9 Å². The van der Waals surface area contributed by atoms with Crippen LogP contribution in [-0.2, 0) is 0 Å². The average molecular weight is 361 g/mol. The fraction of sp³-hybridized carbons (Fsp3) is 0.353. The van der Waals surface area contributed by atoms with Gasteiger partial charge in [0.2, 0.25) is 0 Å². The fourth-order valence-electron chi connectivity index (χ4n) is 2.62. The number of rotatable bonds is 4. The lowest BCUT2D eigenvalue weighted by Gasteiger charge is -2.07. The maximum absolute atomic E-state index is 12.5. The summed E-state index contributed by atoms with van der Waals surface area (Å²) in [5.74, 6) is 0.317. The van der Waals surface area contributed by atoms with Crippen molar-refractivity contribution in [1.82, 2.24) is 14.7 Å². The summed E-state index contributed by atoms with van der Waals surface area (Å²) >= 11 is 6.65. The first kappa shape index (κ1) is 16.9. The maximum atomic E-state index is 12.5. The van der Waals surface area contributed by atoms with Gasteiger partial charge < -0.3 is 10.3 Å². The van der Waals surface area contributed by atoms with E-state index in [-0.39, 0.29) is 11.5 Å². The van der Waals surface area contributed by atoms with Gasteiger partial charge in [-0.15, -0.1) is 0 Å². The number of hydrogen-bond acceptors (Lipinski definition) is 4. The molecule has 7 heteroatoms. The molecule has 0 radical (unpaired) electrons. The Morgan fingerprint density at radius 1 is 1.42 bits per heavy atom. The fourth-order valence-corrected chi connectivity index (χ4v) is 3.91. The van der Waals surface area contributed by atoms with Gasteiger partial charge in [0.1, 0.15) is 10.5 Å². The van der Waals surface area contributed by atoms with Crippen LogP contribution in [0, 0.1) is 16.8 Å². The van der Waals surface area contributed by atoms with Crippen LogP contribution < -0.4 is 10.9 Å². The van der Waals surface area contributed by atoms with E-state index in [0.29, 0.717) is 32.3 Å². The number of fused-ring (bicyclic) bond motifs is 3. The summed E-state index contributed by atoms with van der Waals surface area (Å²) in [7, 11) is 0. The molecule has 5 nitrogen and oxygen atoms in total. The second-order valence-corrected chi connectivity index (χ2v) is 7.94. The molecule has 2 aromatic heterocycles. The van der Waals surface area contributed by atoms with Crippen LogP contribution in [0.15, 0.2) is 23.0 Å². The minimum Gasteiger partial charge on any atom is -0.351 e. The van der Waals surface area contributed by atoms with Crippen LogP contribution in [0.25, 0.3) is 16.6 Å². The normalized spacial score (nSPS) is 11.5. The lowest BCUT2D eigenvalue weighted by Crippen LogP contribution is -2.25. The van der Waals surface area contributed by atoms with Crippen LogP contribution in [0.1, 0.15) is 35.5 Å². The van der Waals surface area contributed by atoms with Gasteiger partial charge in [0, 0.05) is 6.54 Å². The molecule has 24 heavy (non-hydrogen) atoms. The van der Waals surface area contributed by atoms with Gasteiger partial charge in [-0.1, -0.05) is 36.8 Å². The zero-order valence-corrected chi connectivity index (χ0v) is 15.4. The summed E-state index contributed by atoms with van der Waals surface area (Å²) < 4.78 is 2.32. The van der Waals surface area contributed by atoms with E-state index >= 15 is 0 Å². The van der Waals surface area contributed by atoms with Gasteiger partial charge in [0.05, 0.1) is 10.9 Å². The number of aromatic nitrogens is 2. The van der Waals surface area contributed by atoms with Crippen molar-refractivity contribution in [3.63, 3.8) is 0 Å². The van der Waals surface area contributed by atoms with Crippen molar-refractivity contribution in [2.45, 2.75) is 27.2 Å². The highest BCUT2D eigenvalue weighted by Gasteiger charge is 2.17. The zero-order valence-electron chi connectivity index (χ0n) is 13.8. The minimum absolute atomic E-state index is 0.198. The number of carbonyl (C=O) groups is 1. The number of nitrogens with one attached hydrogen (secondary N) is 2. The van der Waals surface area contributed by atoms with Crippen LogP contribution in [0.4, 0.5) is 0 Å². The van der Waals surface area contributed by atoms with Gasteiger partial charge in [-0.2, -0.15) is 0 Å². The number of amides is 1. The summed E-state index contributed by atoms with van der Waals surface area (Å²) in [6.07, 6.45) is 0.904. The number of thiazole rings is 1. The van der Waals surface area contributed by atoms with E-state index in [1.807, 2.05) is 25.1 Å². The Morgan fingerprint density at radius 2 is 2.17 bits per heavy atom. The SMILES string of the molecule is Cc1ccc2c(c1)c(=O)[nH]c1c(C(=O)NCCC(C)C)sc(=S)n12. The molecule has 3 rings (SSSR count). The number of benzene rings is 1. The van der Waals surface area contributed by atoms with E-state index in [2.05, 4.69) is 24.1 Å².